The number of amides is 1. The Morgan fingerprint density at radius 1 is 1.14 bits per heavy atom. The number of carboxylic acids is 1. The second-order valence-corrected chi connectivity index (χ2v) is 8.50. The normalized spacial score (nSPS) is 19.4. The summed E-state index contributed by atoms with van der Waals surface area (Å²) in [5, 5.41) is 10.3. The number of piperidine rings is 1. The highest BCUT2D eigenvalue weighted by atomic mass is 35.5. The molecule has 0 aromatic heterocycles. The highest BCUT2D eigenvalue weighted by Gasteiger charge is 2.50. The van der Waals surface area contributed by atoms with Crippen molar-refractivity contribution in [2.45, 2.75) is 24.7 Å². The lowest BCUT2D eigenvalue weighted by molar-refractivity contribution is -0.142. The number of anilines is 1. The molecule has 1 atom stereocenters. The van der Waals surface area contributed by atoms with Gasteiger partial charge < -0.3 is 14.9 Å². The minimum Gasteiger partial charge on any atom is -0.481 e. The molecule has 2 aliphatic rings. The highest BCUT2D eigenvalue weighted by Crippen LogP contribution is 2.47. The number of benzene rings is 2. The zero-order chi connectivity index (χ0) is 20.6. The minimum absolute atomic E-state index is 0.157. The molecule has 1 N–H and O–H groups in total. The van der Waals surface area contributed by atoms with Crippen LogP contribution in [0.2, 0.25) is 5.02 Å². The lowest BCUT2D eigenvalue weighted by Gasteiger charge is -2.39. The number of carbonyl (C=O) groups is 2. The van der Waals surface area contributed by atoms with Crippen molar-refractivity contribution in [3.63, 3.8) is 0 Å². The summed E-state index contributed by atoms with van der Waals surface area (Å²) in [5.74, 6) is -1.19. The molecule has 5 nitrogen and oxygen atoms in total. The molecule has 0 bridgehead atoms. The van der Waals surface area contributed by atoms with Gasteiger partial charge in [0.05, 0.1) is 11.3 Å². The molecule has 0 aliphatic carbocycles. The van der Waals surface area contributed by atoms with Crippen LogP contribution in [0, 0.1) is 5.92 Å². The van der Waals surface area contributed by atoms with E-state index in [1.54, 1.807) is 11.0 Å². The zero-order valence-electron chi connectivity index (χ0n) is 16.5. The van der Waals surface area contributed by atoms with Gasteiger partial charge in [0, 0.05) is 24.3 Å². The lowest BCUT2D eigenvalue weighted by Crippen LogP contribution is -2.49. The van der Waals surface area contributed by atoms with Crippen LogP contribution in [-0.4, -0.2) is 48.6 Å². The van der Waals surface area contributed by atoms with Gasteiger partial charge in [-0.15, -0.1) is 0 Å². The topological polar surface area (TPSA) is 60.9 Å². The first kappa shape index (κ1) is 19.9. The monoisotopic (exact) mass is 412 g/mol. The van der Waals surface area contributed by atoms with E-state index in [-0.39, 0.29) is 5.91 Å². The molecule has 2 heterocycles. The predicted octanol–water partition coefficient (Wildman–Crippen LogP) is 3.59. The molecule has 6 heteroatoms. The molecule has 1 saturated heterocycles. The minimum atomic E-state index is -0.813. The molecule has 4 rings (SSSR count). The molecule has 1 fully saturated rings. The molecule has 2 aromatic carbocycles. The number of carboxylic acid groups (broad SMARTS) is 1. The van der Waals surface area contributed by atoms with E-state index in [0.717, 1.165) is 16.8 Å². The molecule has 1 amide bonds. The Hall–Kier alpha value is -2.37. The first-order valence-electron chi connectivity index (χ1n) is 9.98. The van der Waals surface area contributed by atoms with Crippen molar-refractivity contribution in [3.05, 3.63) is 64.7 Å². The Bertz CT molecular complexity index is 937. The zero-order valence-corrected chi connectivity index (χ0v) is 17.2. The Labute approximate surface area is 175 Å². The van der Waals surface area contributed by atoms with Gasteiger partial charge in [-0.1, -0.05) is 48.0 Å². The van der Waals surface area contributed by atoms with Gasteiger partial charge in [-0.05, 0) is 55.6 Å². The van der Waals surface area contributed by atoms with Gasteiger partial charge in [-0.2, -0.15) is 0 Å². The largest absolute Gasteiger partial charge is 0.481 e. The summed E-state index contributed by atoms with van der Waals surface area (Å²) < 4.78 is 0. The summed E-state index contributed by atoms with van der Waals surface area (Å²) >= 11 is 6.23. The van der Waals surface area contributed by atoms with Crippen molar-refractivity contribution in [1.82, 2.24) is 4.90 Å². The molecule has 0 radical (unpaired) electrons. The summed E-state index contributed by atoms with van der Waals surface area (Å²) in [5.41, 5.74) is 2.49. The van der Waals surface area contributed by atoms with Crippen molar-refractivity contribution < 1.29 is 14.7 Å². The van der Waals surface area contributed by atoms with Crippen molar-refractivity contribution in [2.24, 2.45) is 5.92 Å². The fourth-order valence-corrected chi connectivity index (χ4v) is 5.00. The summed E-state index contributed by atoms with van der Waals surface area (Å²) in [6.45, 7) is 1.88. The van der Waals surface area contributed by atoms with E-state index in [1.165, 1.54) is 0 Å². The van der Waals surface area contributed by atoms with Crippen molar-refractivity contribution in [2.75, 3.05) is 31.6 Å². The number of fused-ring (bicyclic) bond motifs is 2. The fourth-order valence-electron chi connectivity index (χ4n) is 4.79. The molecule has 152 valence electrons. The van der Waals surface area contributed by atoms with E-state index in [1.807, 2.05) is 43.4 Å². The van der Waals surface area contributed by atoms with Crippen molar-refractivity contribution >= 4 is 29.2 Å². The third-order valence-corrected chi connectivity index (χ3v) is 6.83. The number of para-hydroxylation sites is 1. The molecular weight excluding hydrogens is 388 g/mol. The van der Waals surface area contributed by atoms with Crippen molar-refractivity contribution in [1.29, 1.82) is 0 Å². The van der Waals surface area contributed by atoms with Gasteiger partial charge in [0.25, 0.3) is 0 Å². The first-order valence-corrected chi connectivity index (χ1v) is 10.4. The van der Waals surface area contributed by atoms with E-state index in [2.05, 4.69) is 11.0 Å². The van der Waals surface area contributed by atoms with Crippen LogP contribution in [0.4, 0.5) is 5.69 Å². The first-order chi connectivity index (χ1) is 13.9. The third kappa shape index (κ3) is 3.53. The van der Waals surface area contributed by atoms with Gasteiger partial charge in [-0.3, -0.25) is 9.59 Å². The van der Waals surface area contributed by atoms with Crippen LogP contribution in [0.3, 0.4) is 0 Å². The van der Waals surface area contributed by atoms with Crippen LogP contribution in [-0.2, 0) is 21.4 Å². The smallest absolute Gasteiger partial charge is 0.308 e. The quantitative estimate of drug-likeness (QED) is 0.815. The maximum Gasteiger partial charge on any atom is 0.308 e. The Morgan fingerprint density at radius 2 is 1.79 bits per heavy atom. The maximum absolute atomic E-state index is 13.1. The number of halogens is 1. The molecule has 2 aromatic rings. The van der Waals surface area contributed by atoms with Crippen LogP contribution in [0.5, 0.6) is 0 Å². The number of nitrogens with zero attached hydrogens (tertiary/aromatic N) is 2. The highest BCUT2D eigenvalue weighted by molar-refractivity contribution is 6.31. The predicted molar refractivity (Wildman–Crippen MR) is 113 cm³/mol. The molecule has 1 unspecified atom stereocenters. The molecule has 29 heavy (non-hydrogen) atoms. The standard InChI is InChI=1S/C23H25ClN2O3/c1-25-20-9-5-3-7-18(20)23(22(25)29)10-12-26(13-11-23)15-17(21(27)28)14-16-6-2-4-8-19(16)24/h2-9,17H,10-15H2,1H3,(H,27,28). The average molecular weight is 413 g/mol. The Morgan fingerprint density at radius 3 is 2.48 bits per heavy atom. The van der Waals surface area contributed by atoms with Crippen molar-refractivity contribution in [3.8, 4) is 0 Å². The van der Waals surface area contributed by atoms with Crippen LogP contribution in [0.25, 0.3) is 0 Å². The van der Waals surface area contributed by atoms with Crippen LogP contribution in [0.15, 0.2) is 48.5 Å². The average Bonchev–Trinajstić information content (AvgIpc) is 2.93. The molecular formula is C23H25ClN2O3. The number of rotatable bonds is 5. The number of likely N-dealkylation sites (N-methyl/N-ethyl adjacent to an activating group) is 1. The summed E-state index contributed by atoms with van der Waals surface area (Å²) in [4.78, 5) is 28.9. The number of aliphatic carboxylic acids is 1. The van der Waals surface area contributed by atoms with Gasteiger partial charge in [0.2, 0.25) is 5.91 Å². The van der Waals surface area contributed by atoms with Gasteiger partial charge in [0.15, 0.2) is 0 Å². The summed E-state index contributed by atoms with van der Waals surface area (Å²) in [6.07, 6.45) is 1.83. The SMILES string of the molecule is CN1C(=O)C2(CCN(CC(Cc3ccccc3Cl)C(=O)O)CC2)c2ccccc21. The van der Waals surface area contributed by atoms with Gasteiger partial charge >= 0.3 is 5.97 Å². The number of hydrogen-bond donors (Lipinski definition) is 1. The van der Waals surface area contributed by atoms with E-state index >= 15 is 0 Å². The molecule has 1 spiro atoms. The summed E-state index contributed by atoms with van der Waals surface area (Å²) in [7, 11) is 1.84. The number of likely N-dealkylation sites (tertiary alicyclic amines) is 1. The van der Waals surface area contributed by atoms with Gasteiger partial charge in [0.1, 0.15) is 0 Å². The number of carbonyl (C=O) groups excluding carboxylic acids is 1. The van der Waals surface area contributed by atoms with E-state index in [0.29, 0.717) is 43.9 Å². The van der Waals surface area contributed by atoms with Gasteiger partial charge in [-0.25, -0.2) is 0 Å². The maximum atomic E-state index is 13.1. The fraction of sp³-hybridized carbons (Fsp3) is 0.391. The lowest BCUT2D eigenvalue weighted by atomic mass is 9.73. The van der Waals surface area contributed by atoms with E-state index < -0.39 is 17.3 Å². The van der Waals surface area contributed by atoms with Crippen LogP contribution >= 0.6 is 11.6 Å². The second kappa shape index (κ2) is 7.81. The second-order valence-electron chi connectivity index (χ2n) is 8.09. The molecule has 2 aliphatic heterocycles. The Balaban J connectivity index is 1.46. The van der Waals surface area contributed by atoms with Crippen LogP contribution < -0.4 is 4.90 Å². The number of hydrogen-bond acceptors (Lipinski definition) is 3. The third-order valence-electron chi connectivity index (χ3n) is 6.46. The van der Waals surface area contributed by atoms with E-state index in [4.69, 9.17) is 11.6 Å². The summed E-state index contributed by atoms with van der Waals surface area (Å²) in [6, 6.07) is 15.4. The van der Waals surface area contributed by atoms with Crippen LogP contribution in [0.1, 0.15) is 24.0 Å². The molecule has 0 saturated carbocycles. The van der Waals surface area contributed by atoms with E-state index in [9.17, 15) is 14.7 Å². The Kier molecular flexibility index (Phi) is 5.36.